The fraction of sp³-hybridized carbons (Fsp3) is 0.432. The maximum absolute atomic E-state index is 12.2. The average molecular weight is 744 g/mol. The Morgan fingerprint density at radius 1 is 0.833 bits per heavy atom. The average Bonchev–Trinajstić information content (AvgIpc) is 2.96. The number of aryl methyl sites for hydroxylation is 4. The van der Waals surface area contributed by atoms with E-state index in [1.165, 1.54) is 28.0 Å². The summed E-state index contributed by atoms with van der Waals surface area (Å²) in [5, 5.41) is 13.7. The molecule has 4 nitrogen and oxygen atoms in total. The minimum absolute atomic E-state index is 0. The predicted octanol–water partition coefficient (Wildman–Crippen LogP) is 10.1. The normalized spacial score (nSPS) is 12.1. The standard InChI is InChI=1S/C22H19N2.C15H28O2.Ir/c1-13-9-14(2)11-17(10-13)21-20-12-15(3)18-7-5-6-8-19(18)22(20)24-16(4)23-21;1-7-14(5,8-2)12(16)11-13(17)15(6,9-3)10-4;/h5-10,12H,1-4H3;11,16H,7-10H2,1-6H3;/q-1;;/b;12-11-;. The maximum atomic E-state index is 12.2. The van der Waals surface area contributed by atoms with E-state index in [0.29, 0.717) is 0 Å². The van der Waals surface area contributed by atoms with Crippen LogP contribution in [0.3, 0.4) is 0 Å². The second-order valence-corrected chi connectivity index (χ2v) is 11.9. The van der Waals surface area contributed by atoms with E-state index < -0.39 is 0 Å². The van der Waals surface area contributed by atoms with Gasteiger partial charge in [-0.15, -0.1) is 34.9 Å². The molecule has 227 valence electrons. The molecule has 42 heavy (non-hydrogen) atoms. The van der Waals surface area contributed by atoms with Gasteiger partial charge < -0.3 is 5.11 Å². The third-order valence-electron chi connectivity index (χ3n) is 9.03. The summed E-state index contributed by atoms with van der Waals surface area (Å²) in [7, 11) is 0. The molecule has 0 aliphatic rings. The van der Waals surface area contributed by atoms with Crippen LogP contribution in [0.5, 0.6) is 0 Å². The molecule has 4 aromatic rings. The van der Waals surface area contributed by atoms with Gasteiger partial charge in [0.25, 0.3) is 0 Å². The van der Waals surface area contributed by atoms with Crippen molar-refractivity contribution in [2.75, 3.05) is 0 Å². The van der Waals surface area contributed by atoms with Gasteiger partial charge in [-0.05, 0) is 61.6 Å². The molecular weight excluding hydrogens is 697 g/mol. The molecular formula is C37H47IrN2O2-. The Hall–Kier alpha value is -2.88. The third-order valence-corrected chi connectivity index (χ3v) is 9.03. The first-order chi connectivity index (χ1) is 19.3. The Balaban J connectivity index is 0.000000307. The molecule has 0 aliphatic carbocycles. The molecule has 1 heterocycles. The number of nitrogens with zero attached hydrogens (tertiary/aromatic N) is 2. The summed E-state index contributed by atoms with van der Waals surface area (Å²) in [6.07, 6.45) is 4.75. The Kier molecular flexibility index (Phi) is 12.2. The summed E-state index contributed by atoms with van der Waals surface area (Å²) < 4.78 is 0. The first-order valence-electron chi connectivity index (χ1n) is 15.0. The van der Waals surface area contributed by atoms with E-state index in [1.807, 2.05) is 48.5 Å². The summed E-state index contributed by atoms with van der Waals surface area (Å²) in [4.78, 5) is 21.7. The van der Waals surface area contributed by atoms with Gasteiger partial charge in [-0.1, -0.05) is 85.7 Å². The second-order valence-electron chi connectivity index (χ2n) is 11.9. The van der Waals surface area contributed by atoms with Gasteiger partial charge in [0.15, 0.2) is 5.78 Å². The largest absolute Gasteiger partial charge is 0.512 e. The van der Waals surface area contributed by atoms with Crippen LogP contribution in [0, 0.1) is 44.6 Å². The SMILES string of the molecule is CCC(C)(CC)C(=O)/C=C(\O)C(C)(CC)CC.Cc1[c-]c(-c2nc(C)nc3c2cc(C)c2ccccc23)cc(C)c1.[Ir]. The number of aromatic nitrogens is 2. The quantitative estimate of drug-likeness (QED) is 0.0845. The molecule has 1 radical (unpaired) electrons. The van der Waals surface area contributed by atoms with Crippen LogP contribution in [0.15, 0.2) is 54.3 Å². The van der Waals surface area contributed by atoms with Gasteiger partial charge in [-0.3, -0.25) is 9.78 Å². The van der Waals surface area contributed by atoms with E-state index in [2.05, 4.69) is 69.3 Å². The van der Waals surface area contributed by atoms with Crippen LogP contribution in [-0.2, 0) is 24.9 Å². The van der Waals surface area contributed by atoms with E-state index in [0.717, 1.165) is 59.2 Å². The number of fused-ring (bicyclic) bond motifs is 3. The van der Waals surface area contributed by atoms with Crippen molar-refractivity contribution in [1.82, 2.24) is 9.97 Å². The van der Waals surface area contributed by atoms with Gasteiger partial charge in [0.05, 0.1) is 5.52 Å². The molecule has 0 spiro atoms. The van der Waals surface area contributed by atoms with Crippen molar-refractivity contribution in [3.05, 3.63) is 82.9 Å². The van der Waals surface area contributed by atoms with Crippen LogP contribution >= 0.6 is 0 Å². The fourth-order valence-electron chi connectivity index (χ4n) is 5.16. The minimum Gasteiger partial charge on any atom is -0.512 e. The Bertz CT molecular complexity index is 1560. The van der Waals surface area contributed by atoms with Crippen LogP contribution in [0.25, 0.3) is 32.9 Å². The van der Waals surface area contributed by atoms with Gasteiger partial charge in [0, 0.05) is 42.4 Å². The first kappa shape index (κ1) is 35.3. The number of ketones is 1. The van der Waals surface area contributed by atoms with E-state index in [9.17, 15) is 9.90 Å². The number of hydrogen-bond donors (Lipinski definition) is 1. The van der Waals surface area contributed by atoms with Gasteiger partial charge in [-0.2, -0.15) is 0 Å². The minimum atomic E-state index is -0.337. The zero-order chi connectivity index (χ0) is 30.5. The van der Waals surface area contributed by atoms with Crippen LogP contribution in [0.2, 0.25) is 0 Å². The molecule has 1 N–H and O–H groups in total. The zero-order valence-electron chi connectivity index (χ0n) is 27.0. The second kappa shape index (κ2) is 14.5. The van der Waals surface area contributed by atoms with Gasteiger partial charge in [0.1, 0.15) is 11.6 Å². The summed E-state index contributed by atoms with van der Waals surface area (Å²) >= 11 is 0. The number of aliphatic hydroxyl groups is 1. The number of benzene rings is 3. The van der Waals surface area contributed by atoms with E-state index >= 15 is 0 Å². The van der Waals surface area contributed by atoms with Crippen molar-refractivity contribution < 1.29 is 30.0 Å². The number of carbonyl (C=O) groups excluding carboxylic acids is 1. The van der Waals surface area contributed by atoms with Crippen molar-refractivity contribution in [3.63, 3.8) is 0 Å². The Labute approximate surface area is 266 Å². The Morgan fingerprint density at radius 3 is 1.95 bits per heavy atom. The molecule has 4 rings (SSSR count). The zero-order valence-corrected chi connectivity index (χ0v) is 29.4. The fourth-order valence-corrected chi connectivity index (χ4v) is 5.16. The predicted molar refractivity (Wildman–Crippen MR) is 173 cm³/mol. The van der Waals surface area contributed by atoms with Gasteiger partial charge in [0.2, 0.25) is 0 Å². The van der Waals surface area contributed by atoms with Crippen LogP contribution in [-0.4, -0.2) is 20.9 Å². The molecule has 0 bridgehead atoms. The van der Waals surface area contributed by atoms with Gasteiger partial charge in [-0.25, -0.2) is 4.98 Å². The van der Waals surface area contributed by atoms with Crippen LogP contribution < -0.4 is 0 Å². The molecule has 3 aromatic carbocycles. The summed E-state index contributed by atoms with van der Waals surface area (Å²) in [5.41, 5.74) is 6.03. The molecule has 0 saturated heterocycles. The Morgan fingerprint density at radius 2 is 1.40 bits per heavy atom. The number of allylic oxidation sites excluding steroid dienone is 2. The molecule has 5 heteroatoms. The van der Waals surface area contributed by atoms with Crippen molar-refractivity contribution in [2.45, 2.75) is 94.9 Å². The van der Waals surface area contributed by atoms with Crippen molar-refractivity contribution in [2.24, 2.45) is 10.8 Å². The summed E-state index contributed by atoms with van der Waals surface area (Å²) in [6.45, 7) is 20.4. The van der Waals surface area contributed by atoms with E-state index in [-0.39, 0.29) is 42.5 Å². The van der Waals surface area contributed by atoms with Crippen molar-refractivity contribution in [3.8, 4) is 11.3 Å². The molecule has 0 fully saturated rings. The molecule has 0 atom stereocenters. The van der Waals surface area contributed by atoms with Gasteiger partial charge >= 0.3 is 0 Å². The first-order valence-corrected chi connectivity index (χ1v) is 15.0. The molecule has 0 unspecified atom stereocenters. The van der Waals surface area contributed by atoms with Crippen molar-refractivity contribution in [1.29, 1.82) is 0 Å². The van der Waals surface area contributed by atoms with Crippen LogP contribution in [0.4, 0.5) is 0 Å². The van der Waals surface area contributed by atoms with E-state index in [1.54, 1.807) is 0 Å². The molecule has 0 saturated carbocycles. The number of carbonyl (C=O) groups is 1. The topological polar surface area (TPSA) is 63.1 Å². The smallest absolute Gasteiger partial charge is 0.164 e. The summed E-state index contributed by atoms with van der Waals surface area (Å²) in [5.74, 6) is 1.08. The number of rotatable bonds is 8. The van der Waals surface area contributed by atoms with E-state index in [4.69, 9.17) is 9.97 Å². The number of hydrogen-bond acceptors (Lipinski definition) is 4. The monoisotopic (exact) mass is 744 g/mol. The molecule has 0 amide bonds. The molecule has 0 aliphatic heterocycles. The van der Waals surface area contributed by atoms with Crippen molar-refractivity contribution >= 4 is 27.5 Å². The maximum Gasteiger partial charge on any atom is 0.164 e. The number of aliphatic hydroxyl groups excluding tert-OH is 1. The summed E-state index contributed by atoms with van der Waals surface area (Å²) in [6, 6.07) is 18.4. The molecule has 1 aromatic heterocycles. The van der Waals surface area contributed by atoms with Crippen LogP contribution in [0.1, 0.15) is 89.7 Å². The third kappa shape index (κ3) is 7.54.